The molecule has 1 heterocycles. The highest BCUT2D eigenvalue weighted by atomic mass is 19.1. The molecule has 0 radical (unpaired) electrons. The fraction of sp³-hybridized carbons (Fsp3) is 0.100. The van der Waals surface area contributed by atoms with Crippen LogP contribution < -0.4 is 15.6 Å². The van der Waals surface area contributed by atoms with E-state index in [4.69, 9.17) is 4.74 Å². The van der Waals surface area contributed by atoms with Crippen LogP contribution in [-0.2, 0) is 6.54 Å². The van der Waals surface area contributed by atoms with Gasteiger partial charge in [-0.25, -0.2) is 4.39 Å². The molecule has 3 aromatic rings. The molecule has 2 aromatic carbocycles. The van der Waals surface area contributed by atoms with Crippen LogP contribution in [0.25, 0.3) is 0 Å². The molecular weight excluding hydrogens is 335 g/mol. The molecule has 0 bridgehead atoms. The molecule has 1 N–H and O–H groups in total. The molecule has 1 aromatic heterocycles. The molecule has 0 fully saturated rings. The second-order valence-corrected chi connectivity index (χ2v) is 5.67. The number of carbonyl (C=O) groups excluding carboxylic acids is 1. The summed E-state index contributed by atoms with van der Waals surface area (Å²) < 4.78 is 19.6. The number of hydrogen-bond acceptors (Lipinski definition) is 3. The summed E-state index contributed by atoms with van der Waals surface area (Å²) in [5.74, 6) is -0.245. The van der Waals surface area contributed by atoms with E-state index >= 15 is 0 Å². The number of rotatable bonds is 5. The number of anilines is 1. The fourth-order valence-corrected chi connectivity index (χ4v) is 2.53. The van der Waals surface area contributed by atoms with Crippen molar-refractivity contribution in [3.05, 3.63) is 94.2 Å². The molecule has 0 unspecified atom stereocenters. The van der Waals surface area contributed by atoms with Gasteiger partial charge in [0, 0.05) is 11.9 Å². The van der Waals surface area contributed by atoms with Crippen molar-refractivity contribution < 1.29 is 13.9 Å². The zero-order chi connectivity index (χ0) is 18.5. The van der Waals surface area contributed by atoms with E-state index in [1.54, 1.807) is 19.4 Å². The van der Waals surface area contributed by atoms with Gasteiger partial charge in [0.15, 0.2) is 0 Å². The van der Waals surface area contributed by atoms with Gasteiger partial charge in [-0.15, -0.1) is 0 Å². The predicted molar refractivity (Wildman–Crippen MR) is 97.2 cm³/mol. The maximum atomic E-state index is 13.0. The first kappa shape index (κ1) is 17.4. The van der Waals surface area contributed by atoms with Gasteiger partial charge in [-0.05, 0) is 54.1 Å². The number of pyridine rings is 1. The van der Waals surface area contributed by atoms with E-state index in [2.05, 4.69) is 5.32 Å². The van der Waals surface area contributed by atoms with E-state index in [-0.39, 0.29) is 5.56 Å². The highest BCUT2D eigenvalue weighted by Gasteiger charge is 2.13. The van der Waals surface area contributed by atoms with Gasteiger partial charge in [-0.1, -0.05) is 12.1 Å². The number of methoxy groups -OCH3 is 1. The second kappa shape index (κ2) is 7.65. The van der Waals surface area contributed by atoms with Gasteiger partial charge in [-0.2, -0.15) is 0 Å². The smallest absolute Gasteiger partial charge is 0.263 e. The minimum atomic E-state index is -0.540. The predicted octanol–water partition coefficient (Wildman–Crippen LogP) is 3.30. The van der Waals surface area contributed by atoms with Crippen molar-refractivity contribution >= 4 is 11.6 Å². The summed E-state index contributed by atoms with van der Waals surface area (Å²) in [6.07, 6.45) is 1.62. The van der Waals surface area contributed by atoms with E-state index in [1.807, 2.05) is 24.3 Å². The molecule has 0 spiro atoms. The quantitative estimate of drug-likeness (QED) is 0.766. The number of halogens is 1. The topological polar surface area (TPSA) is 60.3 Å². The fourth-order valence-electron chi connectivity index (χ4n) is 2.53. The van der Waals surface area contributed by atoms with Crippen molar-refractivity contribution in [1.82, 2.24) is 4.57 Å². The van der Waals surface area contributed by atoms with Crippen molar-refractivity contribution in [3.8, 4) is 5.75 Å². The van der Waals surface area contributed by atoms with Crippen molar-refractivity contribution in [2.45, 2.75) is 6.54 Å². The number of amides is 1. The van der Waals surface area contributed by atoms with Crippen molar-refractivity contribution in [2.75, 3.05) is 12.4 Å². The first-order chi connectivity index (χ1) is 12.6. The maximum Gasteiger partial charge on any atom is 0.263 e. The van der Waals surface area contributed by atoms with Crippen molar-refractivity contribution in [3.63, 3.8) is 0 Å². The molecule has 5 nitrogen and oxygen atoms in total. The minimum Gasteiger partial charge on any atom is -0.497 e. The Bertz CT molecular complexity index is 981. The third kappa shape index (κ3) is 3.97. The van der Waals surface area contributed by atoms with E-state index in [1.165, 1.54) is 34.9 Å². The molecule has 0 saturated carbocycles. The van der Waals surface area contributed by atoms with E-state index in [9.17, 15) is 14.0 Å². The summed E-state index contributed by atoms with van der Waals surface area (Å²) in [4.78, 5) is 25.0. The molecule has 0 aliphatic rings. The van der Waals surface area contributed by atoms with Gasteiger partial charge < -0.3 is 14.6 Å². The number of nitrogens with one attached hydrogen (secondary N) is 1. The van der Waals surface area contributed by atoms with Gasteiger partial charge in [0.2, 0.25) is 0 Å². The molecular formula is C20H17FN2O3. The number of hydrogen-bond donors (Lipinski definition) is 1. The third-order valence-electron chi connectivity index (χ3n) is 3.85. The number of carbonyl (C=O) groups is 1. The van der Waals surface area contributed by atoms with Crippen LogP contribution >= 0.6 is 0 Å². The summed E-state index contributed by atoms with van der Waals surface area (Å²) in [7, 11) is 1.58. The number of benzene rings is 2. The Balaban J connectivity index is 1.83. The molecule has 3 rings (SSSR count). The van der Waals surface area contributed by atoms with E-state index in [0.717, 1.165) is 5.56 Å². The largest absolute Gasteiger partial charge is 0.497 e. The van der Waals surface area contributed by atoms with Gasteiger partial charge in [0.05, 0.1) is 13.7 Å². The lowest BCUT2D eigenvalue weighted by Gasteiger charge is -2.10. The van der Waals surface area contributed by atoms with Gasteiger partial charge >= 0.3 is 0 Å². The normalized spacial score (nSPS) is 10.4. The SMILES string of the molecule is COc1cccc(Cn2cccc(C(=O)Nc3ccc(F)cc3)c2=O)c1. The molecule has 132 valence electrons. The minimum absolute atomic E-state index is 0.0136. The van der Waals surface area contributed by atoms with Crippen LogP contribution in [0.5, 0.6) is 5.75 Å². The van der Waals surface area contributed by atoms with Gasteiger partial charge in [0.25, 0.3) is 11.5 Å². The standard InChI is InChI=1S/C20H17FN2O3/c1-26-17-5-2-4-14(12-17)13-23-11-3-6-18(20(23)25)19(24)22-16-9-7-15(21)8-10-16/h2-12H,13H2,1H3,(H,22,24). The highest BCUT2D eigenvalue weighted by Crippen LogP contribution is 2.13. The number of aromatic nitrogens is 1. The second-order valence-electron chi connectivity index (χ2n) is 5.67. The Hall–Kier alpha value is -3.41. The lowest BCUT2D eigenvalue weighted by Crippen LogP contribution is -2.29. The van der Waals surface area contributed by atoms with Gasteiger partial charge in [0.1, 0.15) is 17.1 Å². The highest BCUT2D eigenvalue weighted by molar-refractivity contribution is 6.03. The van der Waals surface area contributed by atoms with Crippen molar-refractivity contribution in [2.24, 2.45) is 0 Å². The first-order valence-electron chi connectivity index (χ1n) is 7.96. The Morgan fingerprint density at radius 2 is 1.88 bits per heavy atom. The Labute approximate surface area is 149 Å². The first-order valence-corrected chi connectivity index (χ1v) is 7.96. The van der Waals surface area contributed by atoms with Crippen LogP contribution in [0.1, 0.15) is 15.9 Å². The van der Waals surface area contributed by atoms with Crippen molar-refractivity contribution in [1.29, 1.82) is 0 Å². The zero-order valence-corrected chi connectivity index (χ0v) is 14.1. The molecule has 1 amide bonds. The van der Waals surface area contributed by atoms with Crippen LogP contribution in [0.15, 0.2) is 71.7 Å². The molecule has 0 saturated heterocycles. The molecule has 6 heteroatoms. The number of ether oxygens (including phenoxy) is 1. The van der Waals surface area contributed by atoms with Gasteiger partial charge in [-0.3, -0.25) is 9.59 Å². The van der Waals surface area contributed by atoms with E-state index < -0.39 is 17.3 Å². The monoisotopic (exact) mass is 352 g/mol. The molecule has 0 atom stereocenters. The van der Waals surface area contributed by atoms with Crippen LogP contribution in [0.2, 0.25) is 0 Å². The van der Waals surface area contributed by atoms with Crippen LogP contribution in [0.4, 0.5) is 10.1 Å². The lowest BCUT2D eigenvalue weighted by atomic mass is 10.2. The Morgan fingerprint density at radius 3 is 2.62 bits per heavy atom. The summed E-state index contributed by atoms with van der Waals surface area (Å²) in [6, 6.07) is 15.8. The third-order valence-corrected chi connectivity index (χ3v) is 3.85. The van der Waals surface area contributed by atoms with Crippen LogP contribution in [0.3, 0.4) is 0 Å². The summed E-state index contributed by atoms with van der Waals surface area (Å²) in [5, 5.41) is 2.60. The van der Waals surface area contributed by atoms with Crippen LogP contribution in [0, 0.1) is 5.82 Å². The molecule has 0 aliphatic heterocycles. The average molecular weight is 352 g/mol. The molecule has 0 aliphatic carbocycles. The summed E-state index contributed by atoms with van der Waals surface area (Å²) in [5.41, 5.74) is 0.899. The number of nitrogens with zero attached hydrogens (tertiary/aromatic N) is 1. The van der Waals surface area contributed by atoms with Crippen LogP contribution in [-0.4, -0.2) is 17.6 Å². The maximum absolute atomic E-state index is 13.0. The molecule has 26 heavy (non-hydrogen) atoms. The Morgan fingerprint density at radius 1 is 1.12 bits per heavy atom. The zero-order valence-electron chi connectivity index (χ0n) is 14.1. The Kier molecular flexibility index (Phi) is 5.12. The van der Waals surface area contributed by atoms with E-state index in [0.29, 0.717) is 18.0 Å². The lowest BCUT2D eigenvalue weighted by molar-refractivity contribution is 0.102. The summed E-state index contributed by atoms with van der Waals surface area (Å²) >= 11 is 0. The average Bonchev–Trinajstić information content (AvgIpc) is 2.65. The summed E-state index contributed by atoms with van der Waals surface area (Å²) in [6.45, 7) is 0.313.